The lowest BCUT2D eigenvalue weighted by Crippen LogP contribution is -2.38. The first-order valence-electron chi connectivity index (χ1n) is 5.38. The van der Waals surface area contributed by atoms with Gasteiger partial charge in [0.05, 0.1) is 6.54 Å². The fourth-order valence-electron chi connectivity index (χ4n) is 1.13. The highest BCUT2D eigenvalue weighted by atomic mass is 16.2. The third-order valence-electron chi connectivity index (χ3n) is 2.11. The van der Waals surface area contributed by atoms with Gasteiger partial charge in [0.25, 0.3) is 0 Å². The summed E-state index contributed by atoms with van der Waals surface area (Å²) in [4.78, 5) is 32.9. The summed E-state index contributed by atoms with van der Waals surface area (Å²) < 4.78 is 0. The average Bonchev–Trinajstić information content (AvgIpc) is 2.98. The zero-order valence-corrected chi connectivity index (χ0v) is 9.34. The largest absolute Gasteiger partial charge is 0.356 e. The van der Waals surface area contributed by atoms with Crippen molar-refractivity contribution in [3.05, 3.63) is 0 Å². The molecule has 0 aromatic carbocycles. The lowest BCUT2D eigenvalue weighted by atomic mass is 10.4. The van der Waals surface area contributed by atoms with E-state index in [4.69, 9.17) is 0 Å². The normalized spacial score (nSPS) is 14.1. The number of hydrogen-bond donors (Lipinski definition) is 3. The van der Waals surface area contributed by atoms with Gasteiger partial charge < -0.3 is 16.0 Å². The van der Waals surface area contributed by atoms with Crippen LogP contribution in [0.15, 0.2) is 0 Å². The van der Waals surface area contributed by atoms with E-state index in [-0.39, 0.29) is 30.7 Å². The average molecular weight is 227 g/mol. The summed E-state index contributed by atoms with van der Waals surface area (Å²) in [7, 11) is 0. The molecule has 1 fully saturated rings. The molecule has 16 heavy (non-hydrogen) atoms. The molecule has 0 spiro atoms. The maximum atomic E-state index is 11.2. The zero-order valence-electron chi connectivity index (χ0n) is 9.34. The van der Waals surface area contributed by atoms with Crippen LogP contribution in [0.3, 0.4) is 0 Å². The van der Waals surface area contributed by atoms with E-state index in [1.165, 1.54) is 6.92 Å². The highest BCUT2D eigenvalue weighted by molar-refractivity contribution is 5.85. The predicted octanol–water partition coefficient (Wildman–Crippen LogP) is -1.09. The van der Waals surface area contributed by atoms with Gasteiger partial charge in [0.2, 0.25) is 17.7 Å². The lowest BCUT2D eigenvalue weighted by molar-refractivity contribution is -0.126. The van der Waals surface area contributed by atoms with Crippen molar-refractivity contribution in [3.63, 3.8) is 0 Å². The van der Waals surface area contributed by atoms with Crippen LogP contribution in [0.25, 0.3) is 0 Å². The molecule has 1 aliphatic carbocycles. The Hall–Kier alpha value is -1.59. The second-order valence-electron chi connectivity index (χ2n) is 3.85. The summed E-state index contributed by atoms with van der Waals surface area (Å²) in [6.07, 6.45) is 2.25. The number of rotatable bonds is 6. The Bertz CT molecular complexity index is 287. The Labute approximate surface area is 94.2 Å². The lowest BCUT2D eigenvalue weighted by Gasteiger charge is -2.06. The summed E-state index contributed by atoms with van der Waals surface area (Å²) in [6.45, 7) is 1.70. The molecule has 0 unspecified atom stereocenters. The highest BCUT2D eigenvalue weighted by Crippen LogP contribution is 2.18. The van der Waals surface area contributed by atoms with Crippen LogP contribution < -0.4 is 16.0 Å². The molecule has 3 amide bonds. The molecular weight excluding hydrogens is 210 g/mol. The van der Waals surface area contributed by atoms with E-state index < -0.39 is 0 Å². The number of hydrogen-bond acceptors (Lipinski definition) is 3. The van der Waals surface area contributed by atoms with Gasteiger partial charge in [-0.25, -0.2) is 0 Å². The van der Waals surface area contributed by atoms with E-state index in [2.05, 4.69) is 16.0 Å². The molecule has 6 heteroatoms. The molecule has 3 N–H and O–H groups in total. The maximum absolute atomic E-state index is 11.2. The Morgan fingerprint density at radius 3 is 2.38 bits per heavy atom. The molecule has 0 radical (unpaired) electrons. The van der Waals surface area contributed by atoms with Crippen LogP contribution >= 0.6 is 0 Å². The van der Waals surface area contributed by atoms with Crippen molar-refractivity contribution in [1.82, 2.24) is 16.0 Å². The van der Waals surface area contributed by atoms with Gasteiger partial charge >= 0.3 is 0 Å². The van der Waals surface area contributed by atoms with Gasteiger partial charge in [-0.15, -0.1) is 0 Å². The van der Waals surface area contributed by atoms with Crippen molar-refractivity contribution in [1.29, 1.82) is 0 Å². The molecular formula is C10H17N3O3. The minimum atomic E-state index is -0.236. The second-order valence-corrected chi connectivity index (χ2v) is 3.85. The number of carbonyl (C=O) groups excluding carboxylic acids is 3. The molecule has 0 aromatic heterocycles. The fraction of sp³-hybridized carbons (Fsp3) is 0.700. The third-order valence-corrected chi connectivity index (χ3v) is 2.11. The third kappa shape index (κ3) is 6.00. The summed E-state index contributed by atoms with van der Waals surface area (Å²) in [5, 5.41) is 7.75. The van der Waals surface area contributed by atoms with Gasteiger partial charge in [0.15, 0.2) is 0 Å². The van der Waals surface area contributed by atoms with Crippen molar-refractivity contribution < 1.29 is 14.4 Å². The van der Waals surface area contributed by atoms with Crippen molar-refractivity contribution in [3.8, 4) is 0 Å². The quantitative estimate of drug-likeness (QED) is 0.538. The first kappa shape index (κ1) is 12.5. The van der Waals surface area contributed by atoms with Crippen LogP contribution in [0, 0.1) is 0 Å². The Morgan fingerprint density at radius 1 is 1.12 bits per heavy atom. The minimum Gasteiger partial charge on any atom is -0.356 e. The SMILES string of the molecule is CC(=O)NCCC(=O)NCC(=O)NC1CC1. The van der Waals surface area contributed by atoms with Crippen LogP contribution in [0.5, 0.6) is 0 Å². The summed E-state index contributed by atoms with van der Waals surface area (Å²) in [6, 6.07) is 0.309. The van der Waals surface area contributed by atoms with Crippen LogP contribution in [-0.2, 0) is 14.4 Å². The van der Waals surface area contributed by atoms with Gasteiger partial charge in [-0.1, -0.05) is 0 Å². The van der Waals surface area contributed by atoms with E-state index in [0.717, 1.165) is 12.8 Å². The molecule has 6 nitrogen and oxygen atoms in total. The van der Waals surface area contributed by atoms with Gasteiger partial charge in [-0.05, 0) is 12.8 Å². The van der Waals surface area contributed by atoms with Crippen LogP contribution in [0.1, 0.15) is 26.2 Å². The Kier molecular flexibility index (Phi) is 4.75. The highest BCUT2D eigenvalue weighted by Gasteiger charge is 2.22. The number of amides is 3. The molecule has 0 aliphatic heterocycles. The Morgan fingerprint density at radius 2 is 1.81 bits per heavy atom. The number of carbonyl (C=O) groups is 3. The van der Waals surface area contributed by atoms with Crippen LogP contribution in [0.2, 0.25) is 0 Å². The van der Waals surface area contributed by atoms with Crippen molar-refractivity contribution >= 4 is 17.7 Å². The molecule has 0 bridgehead atoms. The van der Waals surface area contributed by atoms with Gasteiger partial charge in [0, 0.05) is 25.9 Å². The summed E-state index contributed by atoms with van der Waals surface area (Å²) in [5.41, 5.74) is 0. The molecule has 0 atom stereocenters. The molecule has 0 aromatic rings. The fourth-order valence-corrected chi connectivity index (χ4v) is 1.13. The van der Waals surface area contributed by atoms with Crippen molar-refractivity contribution in [2.75, 3.05) is 13.1 Å². The molecule has 1 saturated carbocycles. The van der Waals surface area contributed by atoms with Crippen molar-refractivity contribution in [2.45, 2.75) is 32.2 Å². The van der Waals surface area contributed by atoms with Gasteiger partial charge in [-0.3, -0.25) is 14.4 Å². The first-order chi connectivity index (χ1) is 7.58. The topological polar surface area (TPSA) is 87.3 Å². The Balaban J connectivity index is 2.00. The number of nitrogens with one attached hydrogen (secondary N) is 3. The monoisotopic (exact) mass is 227 g/mol. The van der Waals surface area contributed by atoms with Gasteiger partial charge in [-0.2, -0.15) is 0 Å². The molecule has 90 valence electrons. The minimum absolute atomic E-state index is 0.00933. The first-order valence-corrected chi connectivity index (χ1v) is 5.38. The zero-order chi connectivity index (χ0) is 12.0. The molecule has 0 saturated heterocycles. The molecule has 0 heterocycles. The van der Waals surface area contributed by atoms with Gasteiger partial charge in [0.1, 0.15) is 0 Å². The van der Waals surface area contributed by atoms with Crippen LogP contribution in [0.4, 0.5) is 0 Å². The van der Waals surface area contributed by atoms with E-state index >= 15 is 0 Å². The van der Waals surface area contributed by atoms with E-state index in [9.17, 15) is 14.4 Å². The smallest absolute Gasteiger partial charge is 0.239 e. The van der Waals surface area contributed by atoms with E-state index in [1.807, 2.05) is 0 Å². The second kappa shape index (κ2) is 6.09. The van der Waals surface area contributed by atoms with E-state index in [1.54, 1.807) is 0 Å². The summed E-state index contributed by atoms with van der Waals surface area (Å²) >= 11 is 0. The summed E-state index contributed by atoms with van der Waals surface area (Å²) in [5.74, 6) is -0.561. The van der Waals surface area contributed by atoms with Crippen molar-refractivity contribution in [2.24, 2.45) is 0 Å². The van der Waals surface area contributed by atoms with Crippen LogP contribution in [-0.4, -0.2) is 36.9 Å². The molecule has 1 rings (SSSR count). The standard InChI is InChI=1S/C10H17N3O3/c1-7(14)11-5-4-9(15)12-6-10(16)13-8-2-3-8/h8H,2-6H2,1H3,(H,11,14)(H,12,15)(H,13,16). The molecule has 1 aliphatic rings. The predicted molar refractivity (Wildman–Crippen MR) is 57.5 cm³/mol. The van der Waals surface area contributed by atoms with E-state index in [0.29, 0.717) is 12.6 Å². The maximum Gasteiger partial charge on any atom is 0.239 e.